The van der Waals surface area contributed by atoms with Crippen molar-refractivity contribution in [2.45, 2.75) is 78.6 Å². The second-order valence-electron chi connectivity index (χ2n) is 9.66. The Morgan fingerprint density at radius 1 is 0.957 bits per heavy atom. The van der Waals surface area contributed by atoms with Gasteiger partial charge >= 0.3 is 0 Å². The van der Waals surface area contributed by atoms with Crippen LogP contribution in [0.15, 0.2) is 0 Å². The van der Waals surface area contributed by atoms with Gasteiger partial charge in [-0.3, -0.25) is 9.59 Å². The van der Waals surface area contributed by atoms with Crippen molar-refractivity contribution < 1.29 is 9.59 Å². The van der Waals surface area contributed by atoms with E-state index in [0.717, 1.165) is 18.3 Å². The van der Waals surface area contributed by atoms with E-state index in [9.17, 15) is 9.59 Å². The monoisotopic (exact) mass is 316 g/mol. The highest BCUT2D eigenvalue weighted by Crippen LogP contribution is 2.66. The van der Waals surface area contributed by atoms with E-state index < -0.39 is 0 Å². The predicted molar refractivity (Wildman–Crippen MR) is 90.9 cm³/mol. The Balaban J connectivity index is 1.67. The van der Waals surface area contributed by atoms with E-state index in [0.29, 0.717) is 23.7 Å². The molecule has 23 heavy (non-hydrogen) atoms. The van der Waals surface area contributed by atoms with Crippen LogP contribution < -0.4 is 0 Å². The maximum Gasteiger partial charge on any atom is 0.144 e. The number of Topliss-reactive ketones (excluding diaryl/α,β-unsaturated/α-hetero) is 2. The fourth-order valence-electron chi connectivity index (χ4n) is 7.78. The van der Waals surface area contributed by atoms with E-state index in [1.165, 1.54) is 44.9 Å². The summed E-state index contributed by atoms with van der Waals surface area (Å²) in [7, 11) is 0. The Morgan fingerprint density at radius 2 is 1.74 bits per heavy atom. The molecule has 0 N–H and O–H groups in total. The van der Waals surface area contributed by atoms with Gasteiger partial charge in [0.2, 0.25) is 0 Å². The molecule has 0 saturated heterocycles. The average Bonchev–Trinajstić information content (AvgIpc) is 2.77. The number of fused-ring (bicyclic) bond motifs is 5. The molecular weight excluding hydrogens is 284 g/mol. The van der Waals surface area contributed by atoms with Crippen LogP contribution in [-0.2, 0) is 9.59 Å². The summed E-state index contributed by atoms with van der Waals surface area (Å²) in [4.78, 5) is 24.8. The van der Waals surface area contributed by atoms with Gasteiger partial charge in [0.1, 0.15) is 11.6 Å². The first kappa shape index (κ1) is 15.8. The van der Waals surface area contributed by atoms with Crippen molar-refractivity contribution in [2.75, 3.05) is 0 Å². The molecule has 4 fully saturated rings. The van der Waals surface area contributed by atoms with Crippen molar-refractivity contribution in [1.82, 2.24) is 0 Å². The lowest BCUT2D eigenvalue weighted by atomic mass is 9.45. The molecule has 0 heterocycles. The first-order valence-corrected chi connectivity index (χ1v) is 9.91. The lowest BCUT2D eigenvalue weighted by molar-refractivity contribution is -0.137. The van der Waals surface area contributed by atoms with E-state index in [2.05, 4.69) is 13.8 Å². The molecule has 128 valence electrons. The third-order valence-corrected chi connectivity index (χ3v) is 8.83. The normalized spacial score (nSPS) is 52.5. The lowest BCUT2D eigenvalue weighted by Gasteiger charge is -2.60. The molecule has 0 bridgehead atoms. The number of hydrogen-bond acceptors (Lipinski definition) is 2. The largest absolute Gasteiger partial charge is 0.299 e. The molecule has 0 radical (unpaired) electrons. The van der Waals surface area contributed by atoms with E-state index in [4.69, 9.17) is 0 Å². The van der Waals surface area contributed by atoms with Gasteiger partial charge in [0.25, 0.3) is 0 Å². The van der Waals surface area contributed by atoms with Crippen molar-refractivity contribution in [3.05, 3.63) is 0 Å². The number of carbonyl (C=O) groups excluding carboxylic acids is 2. The Labute approximate surface area is 140 Å². The molecule has 0 amide bonds. The number of hydrogen-bond donors (Lipinski definition) is 0. The van der Waals surface area contributed by atoms with Gasteiger partial charge in [-0.25, -0.2) is 0 Å². The van der Waals surface area contributed by atoms with Gasteiger partial charge in [0, 0.05) is 6.42 Å². The minimum atomic E-state index is -0.301. The Bertz CT molecular complexity index is 538. The van der Waals surface area contributed by atoms with E-state index in [1.54, 1.807) is 6.92 Å². The van der Waals surface area contributed by atoms with Crippen molar-refractivity contribution >= 4 is 11.6 Å². The molecule has 0 spiro atoms. The molecule has 0 unspecified atom stereocenters. The first-order valence-electron chi connectivity index (χ1n) is 9.91. The van der Waals surface area contributed by atoms with Crippen LogP contribution in [0.4, 0.5) is 0 Å². The van der Waals surface area contributed by atoms with Crippen molar-refractivity contribution in [3.8, 4) is 0 Å². The predicted octanol–water partition coefficient (Wildman–Crippen LogP) is 4.80. The van der Waals surface area contributed by atoms with Crippen LogP contribution >= 0.6 is 0 Å². The zero-order valence-electron chi connectivity index (χ0n) is 15.1. The van der Waals surface area contributed by atoms with Gasteiger partial charge in [-0.05, 0) is 80.0 Å². The van der Waals surface area contributed by atoms with Gasteiger partial charge in [0.05, 0.1) is 5.92 Å². The summed E-state index contributed by atoms with van der Waals surface area (Å²) in [5.74, 6) is 2.97. The standard InChI is InChI=1S/C21H32O2/c1-13(22)19-18(23)12-17-15-8-7-14-6-4-5-10-20(14,2)16(15)9-11-21(17,19)3/h14-17,19H,4-12H2,1-3H3/t14-,15+,16-,17-,19-,20-,21-/m0/s1. The minimum absolute atomic E-state index is 0.0397. The third-order valence-electron chi connectivity index (χ3n) is 8.83. The maximum absolute atomic E-state index is 12.6. The molecule has 4 saturated carbocycles. The maximum atomic E-state index is 12.6. The summed E-state index contributed by atoms with van der Waals surface area (Å²) in [6, 6.07) is 0. The molecule has 0 aliphatic heterocycles. The summed E-state index contributed by atoms with van der Waals surface area (Å²) >= 11 is 0. The van der Waals surface area contributed by atoms with Crippen LogP contribution in [-0.4, -0.2) is 11.6 Å². The Hall–Kier alpha value is -0.660. The van der Waals surface area contributed by atoms with Crippen LogP contribution in [0.5, 0.6) is 0 Å². The smallest absolute Gasteiger partial charge is 0.144 e. The van der Waals surface area contributed by atoms with Crippen LogP contribution in [0, 0.1) is 40.4 Å². The lowest BCUT2D eigenvalue weighted by Crippen LogP contribution is -2.53. The van der Waals surface area contributed by atoms with Crippen LogP contribution in [0.3, 0.4) is 0 Å². The van der Waals surface area contributed by atoms with E-state index in [-0.39, 0.29) is 22.9 Å². The molecule has 2 nitrogen and oxygen atoms in total. The highest BCUT2D eigenvalue weighted by Gasteiger charge is 2.62. The topological polar surface area (TPSA) is 34.1 Å². The third kappa shape index (κ3) is 2.05. The van der Waals surface area contributed by atoms with Crippen molar-refractivity contribution in [3.63, 3.8) is 0 Å². The zero-order valence-corrected chi connectivity index (χ0v) is 15.1. The van der Waals surface area contributed by atoms with Gasteiger partial charge in [-0.15, -0.1) is 0 Å². The number of rotatable bonds is 1. The Kier molecular flexibility index (Phi) is 3.56. The zero-order chi connectivity index (χ0) is 16.4. The summed E-state index contributed by atoms with van der Waals surface area (Å²) in [5, 5.41) is 0. The molecule has 4 aliphatic carbocycles. The van der Waals surface area contributed by atoms with Crippen molar-refractivity contribution in [1.29, 1.82) is 0 Å². The molecule has 0 aromatic carbocycles. The molecule has 0 aromatic heterocycles. The van der Waals surface area contributed by atoms with E-state index in [1.807, 2.05) is 0 Å². The molecular formula is C21H32O2. The van der Waals surface area contributed by atoms with Gasteiger partial charge < -0.3 is 0 Å². The quantitative estimate of drug-likeness (QED) is 0.651. The van der Waals surface area contributed by atoms with Crippen molar-refractivity contribution in [2.24, 2.45) is 40.4 Å². The van der Waals surface area contributed by atoms with Crippen LogP contribution in [0.2, 0.25) is 0 Å². The number of ketones is 2. The first-order chi connectivity index (χ1) is 10.9. The summed E-state index contributed by atoms with van der Waals surface area (Å²) in [6.07, 6.45) is 11.3. The van der Waals surface area contributed by atoms with Gasteiger partial charge in [-0.2, -0.15) is 0 Å². The minimum Gasteiger partial charge on any atom is -0.299 e. The Morgan fingerprint density at radius 3 is 2.48 bits per heavy atom. The van der Waals surface area contributed by atoms with Gasteiger partial charge in [-0.1, -0.05) is 26.7 Å². The number of carbonyl (C=O) groups is 2. The molecule has 7 atom stereocenters. The summed E-state index contributed by atoms with van der Waals surface area (Å²) < 4.78 is 0. The highest BCUT2D eigenvalue weighted by molar-refractivity contribution is 6.04. The summed E-state index contributed by atoms with van der Waals surface area (Å²) in [5.41, 5.74) is 0.474. The second-order valence-corrected chi connectivity index (χ2v) is 9.66. The van der Waals surface area contributed by atoms with Crippen LogP contribution in [0.25, 0.3) is 0 Å². The fourth-order valence-corrected chi connectivity index (χ4v) is 7.78. The van der Waals surface area contributed by atoms with E-state index >= 15 is 0 Å². The highest BCUT2D eigenvalue weighted by atomic mass is 16.2. The average molecular weight is 316 g/mol. The molecule has 0 aromatic rings. The molecule has 4 aliphatic rings. The summed E-state index contributed by atoms with van der Waals surface area (Å²) in [6.45, 7) is 6.47. The molecule has 2 heteroatoms. The van der Waals surface area contributed by atoms with Crippen LogP contribution in [0.1, 0.15) is 78.6 Å². The second kappa shape index (κ2) is 5.17. The van der Waals surface area contributed by atoms with Gasteiger partial charge in [0.15, 0.2) is 0 Å². The molecule has 4 rings (SSSR count). The fraction of sp³-hybridized carbons (Fsp3) is 0.905. The SMILES string of the molecule is CC(=O)[C@H]1C(=O)C[C@H]2[C@@H]3CC[C@@H]4CCCC[C@]4(C)[C@H]3CC[C@]12C.